The lowest BCUT2D eigenvalue weighted by atomic mass is 10.1. The number of hydrogen-bond donors (Lipinski definition) is 1. The van der Waals surface area contributed by atoms with E-state index in [2.05, 4.69) is 10.4 Å². The number of aromatic nitrogens is 3. The van der Waals surface area contributed by atoms with Crippen LogP contribution >= 0.6 is 0 Å². The van der Waals surface area contributed by atoms with E-state index in [1.165, 1.54) is 28.5 Å². The van der Waals surface area contributed by atoms with Crippen molar-refractivity contribution >= 4 is 5.91 Å². The number of rotatable bonds is 7. The molecular weight excluding hydrogens is 425 g/mol. The molecule has 0 bridgehead atoms. The second-order valence-electron chi connectivity index (χ2n) is 7.47. The Balaban J connectivity index is 1.55. The van der Waals surface area contributed by atoms with Gasteiger partial charge < -0.3 is 10.1 Å². The lowest BCUT2D eigenvalue weighted by molar-refractivity contribution is -0.137. The molecule has 3 aromatic rings. The fourth-order valence-electron chi connectivity index (χ4n) is 3.46. The maximum atomic E-state index is 13.1. The highest BCUT2D eigenvalue weighted by Gasteiger charge is 2.33. The number of para-hydroxylation sites is 1. The Bertz CT molecular complexity index is 1200. The zero-order chi connectivity index (χ0) is 22.9. The Morgan fingerprint density at radius 3 is 2.62 bits per heavy atom. The van der Waals surface area contributed by atoms with Gasteiger partial charge in [-0.1, -0.05) is 24.3 Å². The summed E-state index contributed by atoms with van der Waals surface area (Å²) in [7, 11) is 1.46. The monoisotopic (exact) mass is 446 g/mol. The van der Waals surface area contributed by atoms with Crippen molar-refractivity contribution in [2.45, 2.75) is 31.6 Å². The van der Waals surface area contributed by atoms with Gasteiger partial charge in [0.1, 0.15) is 5.75 Å². The first-order chi connectivity index (χ1) is 15.3. The van der Waals surface area contributed by atoms with Crippen LogP contribution in [0.5, 0.6) is 5.75 Å². The van der Waals surface area contributed by atoms with Crippen molar-refractivity contribution in [3.63, 3.8) is 0 Å². The molecule has 10 heteroatoms. The highest BCUT2D eigenvalue weighted by atomic mass is 19.4. The fourth-order valence-corrected chi connectivity index (χ4v) is 3.46. The molecule has 32 heavy (non-hydrogen) atoms. The van der Waals surface area contributed by atoms with Crippen molar-refractivity contribution in [1.82, 2.24) is 19.7 Å². The number of carbonyl (C=O) groups is 1. The van der Waals surface area contributed by atoms with Crippen molar-refractivity contribution in [1.29, 1.82) is 0 Å². The zero-order valence-corrected chi connectivity index (χ0v) is 17.2. The predicted molar refractivity (Wildman–Crippen MR) is 111 cm³/mol. The van der Waals surface area contributed by atoms with Crippen molar-refractivity contribution in [2.75, 3.05) is 13.7 Å². The Morgan fingerprint density at radius 2 is 1.94 bits per heavy atom. The maximum Gasteiger partial charge on any atom is 0.416 e. The van der Waals surface area contributed by atoms with Crippen molar-refractivity contribution in [2.24, 2.45) is 0 Å². The topological polar surface area (TPSA) is 78.2 Å². The quantitative estimate of drug-likeness (QED) is 0.603. The molecule has 1 fully saturated rings. The van der Waals surface area contributed by atoms with E-state index in [-0.39, 0.29) is 36.4 Å². The molecule has 1 aliphatic carbocycles. The molecule has 168 valence electrons. The Kier molecular flexibility index (Phi) is 5.77. The molecular formula is C22H21F3N4O3. The number of ether oxygens (including phenoxy) is 1. The van der Waals surface area contributed by atoms with Crippen LogP contribution in [0.15, 0.2) is 53.3 Å². The fraction of sp³-hybridized carbons (Fsp3) is 0.318. The van der Waals surface area contributed by atoms with Crippen LogP contribution in [0.1, 0.15) is 34.8 Å². The van der Waals surface area contributed by atoms with Crippen LogP contribution < -0.4 is 15.7 Å². The van der Waals surface area contributed by atoms with Gasteiger partial charge in [-0.25, -0.2) is 9.48 Å². The summed E-state index contributed by atoms with van der Waals surface area (Å²) in [6.45, 7) is 0.186. The summed E-state index contributed by atoms with van der Waals surface area (Å²) in [5.74, 6) is 0.252. The van der Waals surface area contributed by atoms with E-state index >= 15 is 0 Å². The van der Waals surface area contributed by atoms with Crippen LogP contribution in [-0.4, -0.2) is 33.9 Å². The molecule has 1 amide bonds. The number of amides is 1. The standard InChI is InChI=1S/C22H21F3N4O3/c1-32-18-8-3-2-7-17(18)20(30)26-11-12-28-21(31)29(16-9-10-16)19(27-28)14-5-4-6-15(13-14)22(23,24)25/h2-8,13,16H,9-12H2,1H3,(H,26,30). The van der Waals surface area contributed by atoms with E-state index in [1.54, 1.807) is 24.3 Å². The van der Waals surface area contributed by atoms with Crippen molar-refractivity contribution < 1.29 is 22.7 Å². The van der Waals surface area contributed by atoms with Gasteiger partial charge in [-0.2, -0.15) is 13.2 Å². The Labute approximate surface area is 181 Å². The van der Waals surface area contributed by atoms with Crippen LogP contribution in [0.2, 0.25) is 0 Å². The largest absolute Gasteiger partial charge is 0.496 e. The average molecular weight is 446 g/mol. The van der Waals surface area contributed by atoms with Crippen molar-refractivity contribution in [3.05, 3.63) is 70.1 Å². The molecule has 4 rings (SSSR count). The third-order valence-electron chi connectivity index (χ3n) is 5.19. The molecule has 0 unspecified atom stereocenters. The van der Waals surface area contributed by atoms with Crippen LogP contribution in [0.25, 0.3) is 11.4 Å². The van der Waals surface area contributed by atoms with Gasteiger partial charge in [0.15, 0.2) is 5.82 Å². The zero-order valence-electron chi connectivity index (χ0n) is 17.2. The van der Waals surface area contributed by atoms with Gasteiger partial charge in [0, 0.05) is 18.2 Å². The van der Waals surface area contributed by atoms with E-state index in [0.29, 0.717) is 11.3 Å². The molecule has 0 atom stereocenters. The first-order valence-corrected chi connectivity index (χ1v) is 10.1. The first kappa shape index (κ1) is 21.7. The van der Waals surface area contributed by atoms with Gasteiger partial charge in [-0.3, -0.25) is 9.36 Å². The Morgan fingerprint density at radius 1 is 1.19 bits per heavy atom. The van der Waals surface area contributed by atoms with E-state index in [9.17, 15) is 22.8 Å². The van der Waals surface area contributed by atoms with Crippen LogP contribution in [-0.2, 0) is 12.7 Å². The molecule has 1 saturated carbocycles. The smallest absolute Gasteiger partial charge is 0.416 e. The lowest BCUT2D eigenvalue weighted by Crippen LogP contribution is -2.32. The normalized spacial score (nSPS) is 13.8. The van der Waals surface area contributed by atoms with Crippen LogP contribution in [0.3, 0.4) is 0 Å². The van der Waals surface area contributed by atoms with E-state index < -0.39 is 17.4 Å². The summed E-state index contributed by atoms with van der Waals surface area (Å²) in [5, 5.41) is 7.01. The molecule has 0 aliphatic heterocycles. The summed E-state index contributed by atoms with van der Waals surface area (Å²) < 4.78 is 47.2. The molecule has 2 aromatic carbocycles. The highest BCUT2D eigenvalue weighted by Crippen LogP contribution is 2.37. The average Bonchev–Trinajstić information content (AvgIpc) is 3.56. The molecule has 1 heterocycles. The molecule has 7 nitrogen and oxygen atoms in total. The minimum Gasteiger partial charge on any atom is -0.496 e. The second kappa shape index (κ2) is 8.52. The first-order valence-electron chi connectivity index (χ1n) is 10.1. The number of carbonyl (C=O) groups excluding carboxylic acids is 1. The van der Waals surface area contributed by atoms with Crippen LogP contribution in [0.4, 0.5) is 13.2 Å². The number of methoxy groups -OCH3 is 1. The summed E-state index contributed by atoms with van der Waals surface area (Å²) in [6, 6.07) is 11.4. The maximum absolute atomic E-state index is 13.1. The number of nitrogens with one attached hydrogen (secondary N) is 1. The third-order valence-corrected chi connectivity index (χ3v) is 5.19. The van der Waals surface area contributed by atoms with Gasteiger partial charge in [0.05, 0.1) is 24.8 Å². The molecule has 1 aromatic heterocycles. The minimum atomic E-state index is -4.49. The van der Waals surface area contributed by atoms with Gasteiger partial charge >= 0.3 is 11.9 Å². The molecule has 0 radical (unpaired) electrons. The summed E-state index contributed by atoms with van der Waals surface area (Å²) in [6.07, 6.45) is -2.96. The second-order valence-corrected chi connectivity index (χ2v) is 7.47. The summed E-state index contributed by atoms with van der Waals surface area (Å²) in [4.78, 5) is 25.3. The molecule has 0 saturated heterocycles. The minimum absolute atomic E-state index is 0.0748. The van der Waals surface area contributed by atoms with E-state index in [4.69, 9.17) is 4.74 Å². The number of hydrogen-bond acceptors (Lipinski definition) is 4. The number of halogens is 3. The summed E-state index contributed by atoms with van der Waals surface area (Å²) >= 11 is 0. The number of benzene rings is 2. The van der Waals surface area contributed by atoms with Gasteiger partial charge in [0.25, 0.3) is 5.91 Å². The van der Waals surface area contributed by atoms with Gasteiger partial charge in [-0.15, -0.1) is 5.10 Å². The number of nitrogens with zero attached hydrogens (tertiary/aromatic N) is 3. The molecule has 0 spiro atoms. The lowest BCUT2D eigenvalue weighted by Gasteiger charge is -2.09. The van der Waals surface area contributed by atoms with Crippen molar-refractivity contribution in [3.8, 4) is 17.1 Å². The molecule has 1 N–H and O–H groups in total. The number of alkyl halides is 3. The predicted octanol–water partition coefficient (Wildman–Crippen LogP) is 3.50. The van der Waals surface area contributed by atoms with E-state index in [0.717, 1.165) is 25.0 Å². The summed E-state index contributed by atoms with van der Waals surface area (Å²) in [5.41, 5.74) is -0.633. The van der Waals surface area contributed by atoms with E-state index in [1.807, 2.05) is 0 Å². The third kappa shape index (κ3) is 4.39. The van der Waals surface area contributed by atoms with Gasteiger partial charge in [-0.05, 0) is 37.1 Å². The van der Waals surface area contributed by atoms with Gasteiger partial charge in [0.2, 0.25) is 0 Å². The SMILES string of the molecule is COc1ccccc1C(=O)NCCn1nc(-c2cccc(C(F)(F)F)c2)n(C2CC2)c1=O. The highest BCUT2D eigenvalue weighted by molar-refractivity contribution is 5.96. The van der Waals surface area contributed by atoms with Crippen LogP contribution in [0, 0.1) is 0 Å². The Hall–Kier alpha value is -3.56. The molecule has 1 aliphatic rings.